The van der Waals surface area contributed by atoms with Crippen LogP contribution in [-0.2, 0) is 23.0 Å². The van der Waals surface area contributed by atoms with Crippen LogP contribution in [0.4, 0.5) is 0 Å². The third kappa shape index (κ3) is 11.6. The van der Waals surface area contributed by atoms with Gasteiger partial charge in [-0.1, -0.05) is 115 Å². The molecule has 0 radical (unpaired) electrons. The molecule has 0 saturated heterocycles. The van der Waals surface area contributed by atoms with Crippen LogP contribution in [0.3, 0.4) is 0 Å². The molecule has 1 nitrogen and oxygen atoms in total. The fourth-order valence-electron chi connectivity index (χ4n) is 5.14. The molecule has 0 bridgehead atoms. The Balaban J connectivity index is 0.000000170. The summed E-state index contributed by atoms with van der Waals surface area (Å²) in [4.78, 5) is 9.88. The molecule has 5 heteroatoms. The van der Waals surface area contributed by atoms with Crippen LogP contribution >= 0.6 is 25.4 Å². The Labute approximate surface area is 302 Å². The minimum absolute atomic E-state index is 0.604. The van der Waals surface area contributed by atoms with E-state index in [1.807, 2.05) is 6.07 Å². The van der Waals surface area contributed by atoms with E-state index in [-0.39, 0.29) is 0 Å². The zero-order valence-electron chi connectivity index (χ0n) is 26.3. The topological polar surface area (TPSA) is 17.1 Å². The molecule has 0 unspecified atom stereocenters. The molecule has 7 rings (SSSR count). The van der Waals surface area contributed by atoms with Crippen molar-refractivity contribution < 1.29 is 23.0 Å². The average Bonchev–Trinajstić information content (AvgIpc) is 3.19. The summed E-state index contributed by atoms with van der Waals surface area (Å²) < 4.78 is 0. The Hall–Kier alpha value is -3.98. The first-order valence-corrected chi connectivity index (χ1v) is 20.5. The van der Waals surface area contributed by atoms with Gasteiger partial charge in [0.05, 0.1) is 22.1 Å². The summed E-state index contributed by atoms with van der Waals surface area (Å²) in [6.45, 7) is 0. The molecule has 7 aromatic carbocycles. The fourth-order valence-corrected chi connectivity index (χ4v) is 10.3. The molecular formula is C43H37ClOP2Pd+2. The first kappa shape index (κ1) is 36.9. The molecule has 7 aromatic rings. The van der Waals surface area contributed by atoms with E-state index in [2.05, 4.69) is 210 Å². The molecule has 240 valence electrons. The van der Waals surface area contributed by atoms with Gasteiger partial charge in [0.15, 0.2) is 0 Å². The number of hydrogen-bond donors (Lipinski definition) is 0. The maximum Gasteiger partial charge on any atom is 0.102 e. The minimum atomic E-state index is -0.877. The van der Waals surface area contributed by atoms with E-state index < -0.39 is 15.8 Å². The predicted molar refractivity (Wildman–Crippen MR) is 210 cm³/mol. The van der Waals surface area contributed by atoms with Crippen molar-refractivity contribution in [3.63, 3.8) is 0 Å². The number of hydrogen-bond acceptors (Lipinski definition) is 1. The maximum atomic E-state index is 9.88. The monoisotopic (exact) mass is 772 g/mol. The second-order valence-electron chi connectivity index (χ2n) is 10.4. The van der Waals surface area contributed by atoms with Crippen molar-refractivity contribution in [1.82, 2.24) is 0 Å². The van der Waals surface area contributed by atoms with Crippen LogP contribution in [0.2, 0.25) is 0 Å². The molecule has 0 heterocycles. The Morgan fingerprint density at radius 1 is 0.312 bits per heavy atom. The van der Waals surface area contributed by atoms with Crippen LogP contribution in [0.25, 0.3) is 0 Å². The molecule has 0 aliphatic carbocycles. The van der Waals surface area contributed by atoms with Gasteiger partial charge in [0.2, 0.25) is 0 Å². The van der Waals surface area contributed by atoms with E-state index in [9.17, 15) is 4.79 Å². The first-order chi connectivity index (χ1) is 23.8. The molecule has 0 aromatic heterocycles. The standard InChI is InChI=1S/2C18H15P.C7H5O.ClH.Pd/c2*1-4-10-16(11-5-1)19(17-12-6-2-7-13-17)18-14-8-3-9-15-18;8-6-7-4-2-1-3-5-7;;/h2*1-15H;1-5H;1H;/q;;-1;;+2/p+1. The molecule has 0 N–H and O–H groups in total. The fraction of sp³-hybridized carbons (Fsp3) is 0. The van der Waals surface area contributed by atoms with Crippen LogP contribution in [0.5, 0.6) is 0 Å². The molecule has 0 aliphatic heterocycles. The van der Waals surface area contributed by atoms with E-state index in [0.29, 0.717) is 5.56 Å². The summed E-state index contributed by atoms with van der Waals surface area (Å²) in [5.74, 6) is 0. The van der Waals surface area contributed by atoms with Crippen LogP contribution in [-0.4, -0.2) is 6.29 Å². The van der Waals surface area contributed by atoms with Crippen molar-refractivity contribution in [3.05, 3.63) is 218 Å². The van der Waals surface area contributed by atoms with Crippen molar-refractivity contribution in [1.29, 1.82) is 0 Å². The summed E-state index contributed by atoms with van der Waals surface area (Å²) in [7, 11) is 2.73. The molecule has 48 heavy (non-hydrogen) atoms. The number of rotatable bonds is 7. The summed E-state index contributed by atoms with van der Waals surface area (Å²) in [6.07, 6.45) is 1.78. The molecule has 0 atom stereocenters. The van der Waals surface area contributed by atoms with E-state index in [1.165, 1.54) is 31.8 Å². The van der Waals surface area contributed by atoms with Crippen molar-refractivity contribution in [2.75, 3.05) is 0 Å². The van der Waals surface area contributed by atoms with E-state index in [1.54, 1.807) is 30.6 Å². The Bertz CT molecular complexity index is 1520. The van der Waals surface area contributed by atoms with Gasteiger partial charge in [-0.15, -0.1) is 12.1 Å². The van der Waals surface area contributed by atoms with E-state index >= 15 is 0 Å². The smallest absolute Gasteiger partial charge is 0.0620 e. The van der Waals surface area contributed by atoms with Crippen molar-refractivity contribution >= 4 is 63.5 Å². The molecule has 0 saturated carbocycles. The van der Waals surface area contributed by atoms with Crippen LogP contribution < -0.4 is 31.8 Å². The molecule has 0 amide bonds. The molecular weight excluding hydrogens is 736 g/mol. The van der Waals surface area contributed by atoms with Gasteiger partial charge in [-0.25, -0.2) is 0 Å². The van der Waals surface area contributed by atoms with Gasteiger partial charge in [0.25, 0.3) is 0 Å². The average molecular weight is 774 g/mol. The second-order valence-corrected chi connectivity index (χ2v) is 15.4. The van der Waals surface area contributed by atoms with E-state index in [4.69, 9.17) is 0 Å². The van der Waals surface area contributed by atoms with Gasteiger partial charge < -0.3 is 4.79 Å². The Morgan fingerprint density at radius 2 is 0.479 bits per heavy atom. The number of carbonyl (C=O) groups excluding carboxylic acids is 1. The number of benzene rings is 7. The third-order valence-electron chi connectivity index (χ3n) is 7.27. The van der Waals surface area contributed by atoms with Gasteiger partial charge in [0, 0.05) is 0 Å². The van der Waals surface area contributed by atoms with E-state index in [0.717, 1.165) is 0 Å². The van der Waals surface area contributed by atoms with Gasteiger partial charge in [0.1, 0.15) is 31.8 Å². The van der Waals surface area contributed by atoms with Crippen LogP contribution in [0.15, 0.2) is 212 Å². The summed E-state index contributed by atoms with van der Waals surface area (Å²) in [6, 6.07) is 73.9. The number of halogens is 1. The third-order valence-corrected chi connectivity index (χ3v) is 12.7. The first-order valence-electron chi connectivity index (χ1n) is 15.4. The van der Waals surface area contributed by atoms with Gasteiger partial charge in [-0.2, -0.15) is 17.7 Å². The zero-order valence-corrected chi connectivity index (χ0v) is 30.6. The molecule has 0 spiro atoms. The molecule has 0 aliphatic rings. The van der Waals surface area contributed by atoms with Gasteiger partial charge in [-0.05, 0) is 72.8 Å². The maximum absolute atomic E-state index is 9.88. The SMILES string of the molecule is O=[C-]c1ccccc1.[Cl][Pd+].c1ccc([PH+](c2ccccc2)c2ccccc2)cc1.c1ccc([PH+](c2ccccc2)c2ccccc2)cc1. The molecule has 0 fully saturated rings. The van der Waals surface area contributed by atoms with Gasteiger partial charge >= 0.3 is 27.7 Å². The van der Waals surface area contributed by atoms with Gasteiger partial charge in [-0.3, -0.25) is 0 Å². The second kappa shape index (κ2) is 21.8. The normalized spacial score (nSPS) is 9.94. The Morgan fingerprint density at radius 3 is 0.625 bits per heavy atom. The predicted octanol–water partition coefficient (Wildman–Crippen LogP) is 8.19. The van der Waals surface area contributed by atoms with Crippen molar-refractivity contribution in [2.45, 2.75) is 0 Å². The summed E-state index contributed by atoms with van der Waals surface area (Å²) in [5.41, 5.74) is 0.604. The summed E-state index contributed by atoms with van der Waals surface area (Å²) >= 11 is 2.22. The van der Waals surface area contributed by atoms with Crippen molar-refractivity contribution in [2.24, 2.45) is 0 Å². The quantitative estimate of drug-likeness (QED) is 0.0908. The van der Waals surface area contributed by atoms with Crippen molar-refractivity contribution in [3.8, 4) is 0 Å². The largest absolute Gasteiger partial charge is 0.102 e. The van der Waals surface area contributed by atoms with Crippen LogP contribution in [0, 0.1) is 0 Å². The van der Waals surface area contributed by atoms with Crippen LogP contribution in [0.1, 0.15) is 5.56 Å². The minimum Gasteiger partial charge on any atom is -0.0620 e. The summed E-state index contributed by atoms with van der Waals surface area (Å²) in [5, 5.41) is 8.61. The zero-order chi connectivity index (χ0) is 33.7. The Kier molecular flexibility index (Phi) is 16.7.